The number of nitrogens with zero attached hydrogens (tertiary/aromatic N) is 5. The largest absolute Gasteiger partial charge is 0.494 e. The molecule has 3 aromatic rings. The van der Waals surface area contributed by atoms with Crippen LogP contribution in [0.4, 0.5) is 0 Å². The van der Waals surface area contributed by atoms with Crippen LogP contribution in [-0.4, -0.2) is 57.4 Å². The SMILES string of the molecule is CCc1cccc(OCCCN(C)C(=O)COc2ccc3nncn3n2)c1. The molecule has 0 atom stereocenters. The highest BCUT2D eigenvalue weighted by Gasteiger charge is 2.10. The van der Waals surface area contributed by atoms with Gasteiger partial charge in [0.2, 0.25) is 5.88 Å². The maximum Gasteiger partial charge on any atom is 0.260 e. The molecule has 0 aliphatic carbocycles. The number of fused-ring (bicyclic) bond motifs is 1. The van der Waals surface area contributed by atoms with E-state index in [1.165, 1.54) is 16.4 Å². The zero-order valence-corrected chi connectivity index (χ0v) is 15.5. The highest BCUT2D eigenvalue weighted by atomic mass is 16.5. The summed E-state index contributed by atoms with van der Waals surface area (Å²) in [6.45, 7) is 3.18. The molecule has 0 spiro atoms. The molecule has 142 valence electrons. The standard InChI is InChI=1S/C19H23N5O3/c1-3-15-6-4-7-16(12-15)26-11-5-10-23(2)19(25)13-27-18-9-8-17-21-20-14-24(17)22-18/h4,6-9,12,14H,3,5,10-11,13H2,1-2H3. The summed E-state index contributed by atoms with van der Waals surface area (Å²) < 4.78 is 12.7. The third-order valence-corrected chi connectivity index (χ3v) is 4.12. The molecule has 27 heavy (non-hydrogen) atoms. The summed E-state index contributed by atoms with van der Waals surface area (Å²) >= 11 is 0. The number of rotatable bonds is 9. The molecule has 0 N–H and O–H groups in total. The summed E-state index contributed by atoms with van der Waals surface area (Å²) in [4.78, 5) is 13.8. The summed E-state index contributed by atoms with van der Waals surface area (Å²) in [5.41, 5.74) is 1.87. The molecule has 0 unspecified atom stereocenters. The Morgan fingerprint density at radius 2 is 2.11 bits per heavy atom. The average Bonchev–Trinajstić information content (AvgIpc) is 3.17. The number of benzene rings is 1. The van der Waals surface area contributed by atoms with Gasteiger partial charge in [-0.1, -0.05) is 19.1 Å². The molecule has 0 saturated heterocycles. The fourth-order valence-corrected chi connectivity index (χ4v) is 2.51. The Morgan fingerprint density at radius 1 is 1.22 bits per heavy atom. The van der Waals surface area contributed by atoms with E-state index in [-0.39, 0.29) is 12.5 Å². The first-order valence-electron chi connectivity index (χ1n) is 8.91. The summed E-state index contributed by atoms with van der Waals surface area (Å²) in [6.07, 6.45) is 3.20. The summed E-state index contributed by atoms with van der Waals surface area (Å²) in [5, 5.41) is 11.8. The number of aryl methyl sites for hydroxylation is 1. The topological polar surface area (TPSA) is 81.8 Å². The van der Waals surface area contributed by atoms with E-state index < -0.39 is 0 Å². The van der Waals surface area contributed by atoms with Crippen LogP contribution in [0.2, 0.25) is 0 Å². The minimum Gasteiger partial charge on any atom is -0.494 e. The zero-order chi connectivity index (χ0) is 19.1. The van der Waals surface area contributed by atoms with Crippen molar-refractivity contribution in [2.24, 2.45) is 0 Å². The smallest absolute Gasteiger partial charge is 0.260 e. The van der Waals surface area contributed by atoms with Gasteiger partial charge in [0.25, 0.3) is 5.91 Å². The monoisotopic (exact) mass is 369 g/mol. The van der Waals surface area contributed by atoms with Gasteiger partial charge in [-0.25, -0.2) is 0 Å². The van der Waals surface area contributed by atoms with Gasteiger partial charge in [0.05, 0.1) is 6.61 Å². The van der Waals surface area contributed by atoms with Crippen molar-refractivity contribution in [2.45, 2.75) is 19.8 Å². The van der Waals surface area contributed by atoms with E-state index >= 15 is 0 Å². The van der Waals surface area contributed by atoms with Crippen LogP contribution in [0.5, 0.6) is 11.6 Å². The highest BCUT2D eigenvalue weighted by molar-refractivity contribution is 5.77. The molecule has 8 nitrogen and oxygen atoms in total. The zero-order valence-electron chi connectivity index (χ0n) is 15.5. The average molecular weight is 369 g/mol. The van der Waals surface area contributed by atoms with Crippen molar-refractivity contribution in [3.05, 3.63) is 48.3 Å². The number of aromatic nitrogens is 4. The Bertz CT molecular complexity index is 896. The molecule has 0 bridgehead atoms. The predicted molar refractivity (Wildman–Crippen MR) is 99.8 cm³/mol. The third-order valence-electron chi connectivity index (χ3n) is 4.12. The number of likely N-dealkylation sites (N-methyl/N-ethyl adjacent to an activating group) is 1. The molecule has 0 aliphatic rings. The Labute approximate surface area is 157 Å². The first kappa shape index (κ1) is 18.6. The van der Waals surface area contributed by atoms with Crippen molar-refractivity contribution < 1.29 is 14.3 Å². The van der Waals surface area contributed by atoms with Gasteiger partial charge in [-0.2, -0.15) is 4.52 Å². The molecule has 3 rings (SSSR count). The number of ether oxygens (including phenoxy) is 2. The number of carbonyl (C=O) groups excluding carboxylic acids is 1. The molecular formula is C19H23N5O3. The quantitative estimate of drug-likeness (QED) is 0.537. The maximum absolute atomic E-state index is 12.2. The Balaban J connectivity index is 1.38. The second kappa shape index (κ2) is 8.98. The van der Waals surface area contributed by atoms with Gasteiger partial charge in [0, 0.05) is 19.7 Å². The second-order valence-corrected chi connectivity index (χ2v) is 6.11. The van der Waals surface area contributed by atoms with Crippen molar-refractivity contribution in [2.75, 3.05) is 26.8 Å². The van der Waals surface area contributed by atoms with Crippen LogP contribution in [0.15, 0.2) is 42.7 Å². The molecule has 0 radical (unpaired) electrons. The first-order valence-corrected chi connectivity index (χ1v) is 8.91. The van der Waals surface area contributed by atoms with E-state index in [1.54, 1.807) is 24.1 Å². The van der Waals surface area contributed by atoms with E-state index in [0.717, 1.165) is 18.6 Å². The second-order valence-electron chi connectivity index (χ2n) is 6.11. The van der Waals surface area contributed by atoms with Gasteiger partial charge >= 0.3 is 0 Å². The number of hydrogen-bond donors (Lipinski definition) is 0. The van der Waals surface area contributed by atoms with Crippen molar-refractivity contribution >= 4 is 11.6 Å². The molecule has 0 aliphatic heterocycles. The van der Waals surface area contributed by atoms with Crippen molar-refractivity contribution in [3.63, 3.8) is 0 Å². The normalized spacial score (nSPS) is 10.7. The molecule has 1 aromatic carbocycles. The molecule has 2 aromatic heterocycles. The lowest BCUT2D eigenvalue weighted by Crippen LogP contribution is -2.33. The third kappa shape index (κ3) is 5.16. The Hall–Kier alpha value is -3.16. The van der Waals surface area contributed by atoms with Crippen LogP contribution in [0.25, 0.3) is 5.65 Å². The van der Waals surface area contributed by atoms with E-state index in [1.807, 2.05) is 18.2 Å². The minimum atomic E-state index is -0.117. The Kier molecular flexibility index (Phi) is 6.19. The van der Waals surface area contributed by atoms with Crippen LogP contribution < -0.4 is 9.47 Å². The fraction of sp³-hybridized carbons (Fsp3) is 0.368. The van der Waals surface area contributed by atoms with Gasteiger partial charge in [0.15, 0.2) is 12.3 Å². The van der Waals surface area contributed by atoms with Gasteiger partial charge in [0.1, 0.15) is 12.1 Å². The van der Waals surface area contributed by atoms with Gasteiger partial charge in [-0.15, -0.1) is 15.3 Å². The van der Waals surface area contributed by atoms with E-state index in [2.05, 4.69) is 28.3 Å². The lowest BCUT2D eigenvalue weighted by molar-refractivity contribution is -0.132. The Morgan fingerprint density at radius 3 is 2.96 bits per heavy atom. The van der Waals surface area contributed by atoms with Crippen LogP contribution >= 0.6 is 0 Å². The predicted octanol–water partition coefficient (Wildman–Crippen LogP) is 1.99. The van der Waals surface area contributed by atoms with Crippen LogP contribution in [-0.2, 0) is 11.2 Å². The summed E-state index contributed by atoms with van der Waals surface area (Å²) in [7, 11) is 1.75. The van der Waals surface area contributed by atoms with Crippen LogP contribution in [0, 0.1) is 0 Å². The molecule has 1 amide bonds. The van der Waals surface area contributed by atoms with Gasteiger partial charge in [-0.3, -0.25) is 4.79 Å². The fourth-order valence-electron chi connectivity index (χ4n) is 2.51. The van der Waals surface area contributed by atoms with Crippen molar-refractivity contribution in [3.8, 4) is 11.6 Å². The molecule has 0 saturated carbocycles. The first-order chi connectivity index (χ1) is 13.2. The van der Waals surface area contributed by atoms with Crippen molar-refractivity contribution in [1.82, 2.24) is 24.7 Å². The summed E-state index contributed by atoms with van der Waals surface area (Å²) in [6, 6.07) is 11.5. The number of hydrogen-bond acceptors (Lipinski definition) is 6. The minimum absolute atomic E-state index is 0.0729. The highest BCUT2D eigenvalue weighted by Crippen LogP contribution is 2.14. The van der Waals surface area contributed by atoms with E-state index in [4.69, 9.17) is 9.47 Å². The van der Waals surface area contributed by atoms with E-state index in [0.29, 0.717) is 24.7 Å². The lowest BCUT2D eigenvalue weighted by Gasteiger charge is -2.17. The number of carbonyl (C=O) groups is 1. The van der Waals surface area contributed by atoms with Gasteiger partial charge in [-0.05, 0) is 36.6 Å². The van der Waals surface area contributed by atoms with Gasteiger partial charge < -0.3 is 14.4 Å². The van der Waals surface area contributed by atoms with Crippen LogP contribution in [0.3, 0.4) is 0 Å². The molecule has 8 heteroatoms. The maximum atomic E-state index is 12.2. The van der Waals surface area contributed by atoms with Crippen LogP contribution in [0.1, 0.15) is 18.9 Å². The van der Waals surface area contributed by atoms with E-state index in [9.17, 15) is 4.79 Å². The molecule has 2 heterocycles. The lowest BCUT2D eigenvalue weighted by atomic mass is 10.2. The number of amides is 1. The summed E-state index contributed by atoms with van der Waals surface area (Å²) in [5.74, 6) is 1.10. The molecular weight excluding hydrogens is 346 g/mol. The van der Waals surface area contributed by atoms with Crippen molar-refractivity contribution in [1.29, 1.82) is 0 Å². The molecule has 0 fully saturated rings.